The first-order valence-corrected chi connectivity index (χ1v) is 14.2. The SMILES string of the molecule is CCCCCC1CCC([C@H]2CC[C@]3(CC2)C[C@@]2(CCC(CCCC)CC2)C3=O)CC1. The van der Waals surface area contributed by atoms with Gasteiger partial charge in [-0.3, -0.25) is 4.79 Å². The molecular formula is C29H50O. The van der Waals surface area contributed by atoms with Gasteiger partial charge in [-0.05, 0) is 94.3 Å². The molecule has 1 heteroatoms. The molecule has 0 aliphatic heterocycles. The standard InChI is InChI=1S/C29H50O/c1-3-5-7-9-23-10-12-25(13-11-23)26-16-20-29(21-17-26)22-28(27(29)30)18-14-24(15-19-28)8-6-4-2/h23-26H,3-22H2,1-2H3/t23?,24?,25?,26-,28-,29-. The van der Waals surface area contributed by atoms with E-state index >= 15 is 0 Å². The van der Waals surface area contributed by atoms with Crippen LogP contribution in [-0.2, 0) is 4.79 Å². The van der Waals surface area contributed by atoms with E-state index in [1.807, 2.05) is 0 Å². The summed E-state index contributed by atoms with van der Waals surface area (Å²) < 4.78 is 0. The second kappa shape index (κ2) is 10.1. The molecule has 0 radical (unpaired) electrons. The molecule has 0 N–H and O–H groups in total. The molecular weight excluding hydrogens is 364 g/mol. The Labute approximate surface area is 187 Å². The van der Waals surface area contributed by atoms with Crippen LogP contribution in [0.1, 0.15) is 142 Å². The van der Waals surface area contributed by atoms with E-state index in [4.69, 9.17) is 0 Å². The fourth-order valence-electron chi connectivity index (χ4n) is 8.38. The molecule has 0 atom stereocenters. The average Bonchev–Trinajstić information content (AvgIpc) is 2.79. The largest absolute Gasteiger partial charge is 0.298 e. The fourth-order valence-corrected chi connectivity index (χ4v) is 8.38. The molecule has 0 bridgehead atoms. The number of Topliss-reactive ketones (excluding diaryl/α,β-unsaturated/α-hetero) is 1. The van der Waals surface area contributed by atoms with E-state index in [1.165, 1.54) is 128 Å². The van der Waals surface area contributed by atoms with Crippen LogP contribution in [0.3, 0.4) is 0 Å². The molecule has 1 nitrogen and oxygen atoms in total. The average molecular weight is 415 g/mol. The highest BCUT2D eigenvalue weighted by atomic mass is 16.1. The van der Waals surface area contributed by atoms with Crippen molar-refractivity contribution in [3.8, 4) is 0 Å². The molecule has 4 fully saturated rings. The van der Waals surface area contributed by atoms with Crippen molar-refractivity contribution in [3.05, 3.63) is 0 Å². The molecule has 0 heterocycles. The molecule has 4 aliphatic rings. The molecule has 172 valence electrons. The summed E-state index contributed by atoms with van der Waals surface area (Å²) in [6.07, 6.45) is 27.5. The molecule has 0 saturated heterocycles. The van der Waals surface area contributed by atoms with Gasteiger partial charge in [0.2, 0.25) is 0 Å². The third-order valence-electron chi connectivity index (χ3n) is 10.4. The van der Waals surface area contributed by atoms with Crippen molar-refractivity contribution in [2.75, 3.05) is 0 Å². The Morgan fingerprint density at radius 1 is 0.633 bits per heavy atom. The van der Waals surface area contributed by atoms with Crippen molar-refractivity contribution in [2.45, 2.75) is 142 Å². The second-order valence-corrected chi connectivity index (χ2v) is 12.3. The van der Waals surface area contributed by atoms with Gasteiger partial charge >= 0.3 is 0 Å². The zero-order chi connectivity index (χ0) is 21.0. The quantitative estimate of drug-likeness (QED) is 0.362. The van der Waals surface area contributed by atoms with E-state index < -0.39 is 0 Å². The number of ketones is 1. The van der Waals surface area contributed by atoms with Crippen LogP contribution in [-0.4, -0.2) is 5.78 Å². The summed E-state index contributed by atoms with van der Waals surface area (Å²) in [6, 6.07) is 0. The molecule has 4 rings (SSSR count). The molecule has 4 saturated carbocycles. The van der Waals surface area contributed by atoms with Crippen LogP contribution in [0, 0.1) is 34.5 Å². The summed E-state index contributed by atoms with van der Waals surface area (Å²) in [5.74, 6) is 4.63. The topological polar surface area (TPSA) is 17.1 Å². The maximum Gasteiger partial charge on any atom is 0.145 e. The molecule has 4 aliphatic carbocycles. The zero-order valence-electron chi connectivity index (χ0n) is 20.4. The highest BCUT2D eigenvalue weighted by Crippen LogP contribution is 2.64. The van der Waals surface area contributed by atoms with Gasteiger partial charge in [-0.2, -0.15) is 0 Å². The summed E-state index contributed by atoms with van der Waals surface area (Å²) in [5, 5.41) is 0. The normalized spacial score (nSPS) is 41.9. The Kier molecular flexibility index (Phi) is 7.68. The predicted molar refractivity (Wildman–Crippen MR) is 128 cm³/mol. The Bertz CT molecular complexity index is 539. The lowest BCUT2D eigenvalue weighted by molar-refractivity contribution is -0.169. The van der Waals surface area contributed by atoms with Crippen LogP contribution in [0.4, 0.5) is 0 Å². The first kappa shape index (κ1) is 22.8. The summed E-state index contributed by atoms with van der Waals surface area (Å²) in [6.45, 7) is 4.62. The van der Waals surface area contributed by atoms with Crippen LogP contribution < -0.4 is 0 Å². The summed E-state index contributed by atoms with van der Waals surface area (Å²) >= 11 is 0. The minimum atomic E-state index is 0.143. The van der Waals surface area contributed by atoms with Gasteiger partial charge < -0.3 is 0 Å². The number of carbonyl (C=O) groups excluding carboxylic acids is 1. The van der Waals surface area contributed by atoms with E-state index in [1.54, 1.807) is 0 Å². The number of hydrogen-bond donors (Lipinski definition) is 0. The molecule has 0 aromatic heterocycles. The Hall–Kier alpha value is -0.330. The lowest BCUT2D eigenvalue weighted by atomic mass is 9.42. The highest BCUT2D eigenvalue weighted by molar-refractivity contribution is 5.96. The van der Waals surface area contributed by atoms with Gasteiger partial charge in [0, 0.05) is 10.8 Å². The number of carbonyl (C=O) groups is 1. The predicted octanol–water partition coefficient (Wildman–Crippen LogP) is 8.89. The number of unbranched alkanes of at least 4 members (excludes halogenated alkanes) is 3. The van der Waals surface area contributed by atoms with Gasteiger partial charge in [0.05, 0.1) is 0 Å². The van der Waals surface area contributed by atoms with Gasteiger partial charge in [0.1, 0.15) is 5.78 Å². The summed E-state index contributed by atoms with van der Waals surface area (Å²) in [7, 11) is 0. The third kappa shape index (κ3) is 4.71. The summed E-state index contributed by atoms with van der Waals surface area (Å²) in [4.78, 5) is 13.5. The first-order valence-electron chi connectivity index (χ1n) is 14.2. The lowest BCUT2D eigenvalue weighted by Gasteiger charge is -2.59. The Balaban J connectivity index is 1.19. The van der Waals surface area contributed by atoms with E-state index in [0.717, 1.165) is 29.5 Å². The van der Waals surface area contributed by atoms with Gasteiger partial charge in [0.15, 0.2) is 0 Å². The van der Waals surface area contributed by atoms with Crippen LogP contribution >= 0.6 is 0 Å². The van der Waals surface area contributed by atoms with Crippen molar-refractivity contribution >= 4 is 5.78 Å². The minimum absolute atomic E-state index is 0.143. The van der Waals surface area contributed by atoms with E-state index in [0.29, 0.717) is 0 Å². The van der Waals surface area contributed by atoms with Gasteiger partial charge in [-0.25, -0.2) is 0 Å². The molecule has 0 amide bonds. The highest BCUT2D eigenvalue weighted by Gasteiger charge is 2.63. The van der Waals surface area contributed by atoms with E-state index in [-0.39, 0.29) is 10.8 Å². The maximum absolute atomic E-state index is 13.5. The van der Waals surface area contributed by atoms with Gasteiger partial charge in [-0.1, -0.05) is 71.6 Å². The second-order valence-electron chi connectivity index (χ2n) is 12.3. The smallest absolute Gasteiger partial charge is 0.145 e. The van der Waals surface area contributed by atoms with E-state index in [2.05, 4.69) is 13.8 Å². The molecule has 30 heavy (non-hydrogen) atoms. The summed E-state index contributed by atoms with van der Waals surface area (Å²) in [5.41, 5.74) is 0.288. The number of hydrogen-bond acceptors (Lipinski definition) is 1. The van der Waals surface area contributed by atoms with Crippen molar-refractivity contribution in [3.63, 3.8) is 0 Å². The molecule has 0 aromatic rings. The minimum Gasteiger partial charge on any atom is -0.298 e. The van der Waals surface area contributed by atoms with Gasteiger partial charge in [0.25, 0.3) is 0 Å². The Morgan fingerprint density at radius 3 is 1.70 bits per heavy atom. The van der Waals surface area contributed by atoms with Crippen LogP contribution in [0.15, 0.2) is 0 Å². The van der Waals surface area contributed by atoms with Crippen molar-refractivity contribution in [2.24, 2.45) is 34.5 Å². The zero-order valence-corrected chi connectivity index (χ0v) is 20.4. The maximum atomic E-state index is 13.5. The Morgan fingerprint density at radius 2 is 1.13 bits per heavy atom. The third-order valence-corrected chi connectivity index (χ3v) is 10.4. The van der Waals surface area contributed by atoms with Crippen LogP contribution in [0.2, 0.25) is 0 Å². The van der Waals surface area contributed by atoms with Crippen molar-refractivity contribution in [1.29, 1.82) is 0 Å². The molecule has 0 aromatic carbocycles. The van der Waals surface area contributed by atoms with E-state index in [9.17, 15) is 4.79 Å². The molecule has 0 unspecified atom stereocenters. The van der Waals surface area contributed by atoms with Gasteiger partial charge in [-0.15, -0.1) is 0 Å². The van der Waals surface area contributed by atoms with Crippen molar-refractivity contribution in [1.82, 2.24) is 0 Å². The molecule has 2 spiro atoms. The monoisotopic (exact) mass is 414 g/mol. The fraction of sp³-hybridized carbons (Fsp3) is 0.966. The number of rotatable bonds is 8. The first-order chi connectivity index (χ1) is 14.6. The van der Waals surface area contributed by atoms with Crippen molar-refractivity contribution < 1.29 is 4.79 Å². The lowest BCUT2D eigenvalue weighted by Crippen LogP contribution is -2.59. The van der Waals surface area contributed by atoms with Crippen LogP contribution in [0.5, 0.6) is 0 Å². The van der Waals surface area contributed by atoms with Crippen LogP contribution in [0.25, 0.3) is 0 Å².